The Morgan fingerprint density at radius 2 is 2.00 bits per heavy atom. The Morgan fingerprint density at radius 1 is 1.26 bits per heavy atom. The number of pyridine rings is 1. The second kappa shape index (κ2) is 8.65. The van der Waals surface area contributed by atoms with Crippen molar-refractivity contribution in [1.29, 1.82) is 0 Å². The first-order valence-electron chi connectivity index (χ1n) is 8.56. The van der Waals surface area contributed by atoms with Crippen LogP contribution in [0.1, 0.15) is 38.8 Å². The third-order valence-corrected chi connectivity index (χ3v) is 4.46. The Balaban J connectivity index is 1.89. The fourth-order valence-corrected chi connectivity index (χ4v) is 3.10. The van der Waals surface area contributed by atoms with E-state index in [0.29, 0.717) is 13.1 Å². The maximum Gasteiger partial charge on any atom is 0.225 e. The number of hydrogen-bond acceptors (Lipinski definition) is 3. The number of rotatable bonds is 6. The van der Waals surface area contributed by atoms with Crippen molar-refractivity contribution >= 4 is 11.8 Å². The lowest BCUT2D eigenvalue weighted by Gasteiger charge is -2.33. The summed E-state index contributed by atoms with van der Waals surface area (Å²) in [7, 11) is 0. The lowest BCUT2D eigenvalue weighted by Crippen LogP contribution is -2.44. The predicted molar refractivity (Wildman–Crippen MR) is 89.8 cm³/mol. The van der Waals surface area contributed by atoms with Crippen LogP contribution in [-0.2, 0) is 16.0 Å². The van der Waals surface area contributed by atoms with E-state index >= 15 is 0 Å². The molecule has 0 saturated carbocycles. The van der Waals surface area contributed by atoms with Gasteiger partial charge in [-0.2, -0.15) is 0 Å². The van der Waals surface area contributed by atoms with E-state index in [1.165, 1.54) is 0 Å². The molecular formula is C18H27N3O2. The minimum absolute atomic E-state index is 0.0564. The number of carbonyl (C=O) groups excluding carboxylic acids is 2. The highest BCUT2D eigenvalue weighted by atomic mass is 16.2. The number of likely N-dealkylation sites (tertiary alicyclic amines) is 1. The summed E-state index contributed by atoms with van der Waals surface area (Å²) in [6.45, 7) is 6.60. The molecule has 0 unspecified atom stereocenters. The van der Waals surface area contributed by atoms with E-state index in [0.717, 1.165) is 44.5 Å². The van der Waals surface area contributed by atoms with E-state index in [1.54, 1.807) is 13.1 Å². The molecule has 1 aromatic heterocycles. The molecule has 1 fully saturated rings. The van der Waals surface area contributed by atoms with Gasteiger partial charge in [0.05, 0.1) is 0 Å². The summed E-state index contributed by atoms with van der Waals surface area (Å²) in [6, 6.07) is 5.88. The molecule has 2 heterocycles. The zero-order valence-corrected chi connectivity index (χ0v) is 14.2. The Hall–Kier alpha value is -1.91. The molecule has 1 saturated heterocycles. The maximum absolute atomic E-state index is 12.8. The molecule has 0 aliphatic carbocycles. The molecule has 0 spiro atoms. The van der Waals surface area contributed by atoms with Gasteiger partial charge in [-0.1, -0.05) is 13.0 Å². The van der Waals surface area contributed by atoms with Crippen LogP contribution in [-0.4, -0.2) is 52.8 Å². The molecule has 0 atom stereocenters. The molecule has 5 heteroatoms. The Bertz CT molecular complexity index is 510. The zero-order chi connectivity index (χ0) is 16.7. The molecule has 0 aromatic carbocycles. The van der Waals surface area contributed by atoms with Crippen LogP contribution in [0.5, 0.6) is 0 Å². The smallest absolute Gasteiger partial charge is 0.225 e. The van der Waals surface area contributed by atoms with E-state index in [-0.39, 0.29) is 17.7 Å². The normalized spacial score (nSPS) is 15.5. The SMILES string of the molecule is CCCN(CCc1ccccn1)C(=O)C1CCN(C(C)=O)CC1. The fraction of sp³-hybridized carbons (Fsp3) is 0.611. The van der Waals surface area contributed by atoms with Crippen molar-refractivity contribution in [3.8, 4) is 0 Å². The lowest BCUT2D eigenvalue weighted by molar-refractivity contribution is -0.140. The molecule has 2 rings (SSSR count). The highest BCUT2D eigenvalue weighted by molar-refractivity contribution is 5.79. The van der Waals surface area contributed by atoms with Crippen LogP contribution in [0.15, 0.2) is 24.4 Å². The third-order valence-electron chi connectivity index (χ3n) is 4.46. The van der Waals surface area contributed by atoms with Crippen LogP contribution in [0.4, 0.5) is 0 Å². The van der Waals surface area contributed by atoms with E-state index in [4.69, 9.17) is 0 Å². The molecule has 2 amide bonds. The fourth-order valence-electron chi connectivity index (χ4n) is 3.10. The van der Waals surface area contributed by atoms with Crippen LogP contribution >= 0.6 is 0 Å². The topological polar surface area (TPSA) is 53.5 Å². The van der Waals surface area contributed by atoms with Gasteiger partial charge in [0.2, 0.25) is 11.8 Å². The lowest BCUT2D eigenvalue weighted by atomic mass is 9.95. The van der Waals surface area contributed by atoms with Gasteiger partial charge in [-0.25, -0.2) is 0 Å². The van der Waals surface area contributed by atoms with Crippen molar-refractivity contribution in [2.45, 2.75) is 39.5 Å². The van der Waals surface area contributed by atoms with Gasteiger partial charge < -0.3 is 9.80 Å². The first-order chi connectivity index (χ1) is 11.1. The second-order valence-corrected chi connectivity index (χ2v) is 6.18. The largest absolute Gasteiger partial charge is 0.343 e. The molecular weight excluding hydrogens is 290 g/mol. The molecule has 5 nitrogen and oxygen atoms in total. The van der Waals surface area contributed by atoms with Gasteiger partial charge in [-0.05, 0) is 31.4 Å². The molecule has 126 valence electrons. The summed E-state index contributed by atoms with van der Waals surface area (Å²) in [5.74, 6) is 0.406. The molecule has 0 N–H and O–H groups in total. The van der Waals surface area contributed by atoms with E-state index in [2.05, 4.69) is 11.9 Å². The van der Waals surface area contributed by atoms with Crippen molar-refractivity contribution in [1.82, 2.24) is 14.8 Å². The first-order valence-corrected chi connectivity index (χ1v) is 8.56. The van der Waals surface area contributed by atoms with Crippen LogP contribution in [0.25, 0.3) is 0 Å². The number of carbonyl (C=O) groups is 2. The van der Waals surface area contributed by atoms with Crippen molar-refractivity contribution in [3.05, 3.63) is 30.1 Å². The van der Waals surface area contributed by atoms with Crippen LogP contribution < -0.4 is 0 Å². The number of nitrogens with zero attached hydrogens (tertiary/aromatic N) is 3. The maximum atomic E-state index is 12.8. The van der Waals surface area contributed by atoms with Gasteiger partial charge in [0.1, 0.15) is 0 Å². The van der Waals surface area contributed by atoms with Crippen LogP contribution in [0, 0.1) is 5.92 Å². The Labute approximate surface area is 138 Å². The monoisotopic (exact) mass is 317 g/mol. The molecule has 23 heavy (non-hydrogen) atoms. The molecule has 1 aliphatic rings. The van der Waals surface area contributed by atoms with Gasteiger partial charge >= 0.3 is 0 Å². The highest BCUT2D eigenvalue weighted by Crippen LogP contribution is 2.20. The van der Waals surface area contributed by atoms with E-state index < -0.39 is 0 Å². The zero-order valence-electron chi connectivity index (χ0n) is 14.2. The summed E-state index contributed by atoms with van der Waals surface area (Å²) >= 11 is 0. The number of aromatic nitrogens is 1. The van der Waals surface area contributed by atoms with Crippen LogP contribution in [0.3, 0.4) is 0 Å². The van der Waals surface area contributed by atoms with Gasteiger partial charge in [0.15, 0.2) is 0 Å². The molecule has 0 radical (unpaired) electrons. The van der Waals surface area contributed by atoms with Crippen molar-refractivity contribution < 1.29 is 9.59 Å². The molecule has 1 aliphatic heterocycles. The van der Waals surface area contributed by atoms with Crippen molar-refractivity contribution in [3.63, 3.8) is 0 Å². The van der Waals surface area contributed by atoms with Gasteiger partial charge in [0.25, 0.3) is 0 Å². The quantitative estimate of drug-likeness (QED) is 0.807. The van der Waals surface area contributed by atoms with E-state index in [1.807, 2.05) is 28.0 Å². The Morgan fingerprint density at radius 3 is 2.57 bits per heavy atom. The standard InChI is InChI=1S/C18H27N3O2/c1-3-11-21(14-9-17-6-4-5-10-19-17)18(23)16-7-12-20(13-8-16)15(2)22/h4-6,10,16H,3,7-9,11-14H2,1-2H3. The van der Waals surface area contributed by atoms with Gasteiger partial charge in [-0.15, -0.1) is 0 Å². The number of amides is 2. The van der Waals surface area contributed by atoms with Gasteiger partial charge in [0, 0.05) is 57.3 Å². The molecule has 1 aromatic rings. The average Bonchev–Trinajstić information content (AvgIpc) is 2.59. The summed E-state index contributed by atoms with van der Waals surface area (Å²) in [5, 5.41) is 0. The highest BCUT2D eigenvalue weighted by Gasteiger charge is 2.28. The third kappa shape index (κ3) is 5.05. The molecule has 0 bridgehead atoms. The van der Waals surface area contributed by atoms with Crippen molar-refractivity contribution in [2.75, 3.05) is 26.2 Å². The number of hydrogen-bond donors (Lipinski definition) is 0. The predicted octanol–water partition coefficient (Wildman–Crippen LogP) is 2.12. The summed E-state index contributed by atoms with van der Waals surface area (Å²) in [4.78, 5) is 32.3. The first kappa shape index (κ1) is 17.4. The summed E-state index contributed by atoms with van der Waals surface area (Å²) < 4.78 is 0. The second-order valence-electron chi connectivity index (χ2n) is 6.18. The number of piperidine rings is 1. The Kier molecular flexibility index (Phi) is 6.56. The summed E-state index contributed by atoms with van der Waals surface area (Å²) in [5.41, 5.74) is 1.02. The minimum atomic E-state index is 0.0564. The minimum Gasteiger partial charge on any atom is -0.343 e. The average molecular weight is 317 g/mol. The van der Waals surface area contributed by atoms with Crippen molar-refractivity contribution in [2.24, 2.45) is 5.92 Å². The van der Waals surface area contributed by atoms with E-state index in [9.17, 15) is 9.59 Å². The van der Waals surface area contributed by atoms with Gasteiger partial charge in [-0.3, -0.25) is 14.6 Å². The van der Waals surface area contributed by atoms with Crippen LogP contribution in [0.2, 0.25) is 0 Å². The summed E-state index contributed by atoms with van der Waals surface area (Å²) in [6.07, 6.45) is 5.10.